The van der Waals surface area contributed by atoms with Crippen LogP contribution in [0.3, 0.4) is 0 Å². The lowest BCUT2D eigenvalue weighted by molar-refractivity contribution is -0.139. The summed E-state index contributed by atoms with van der Waals surface area (Å²) in [6.45, 7) is 8.08. The van der Waals surface area contributed by atoms with E-state index in [2.05, 4.69) is 13.8 Å². The molecule has 0 aliphatic heterocycles. The molecule has 0 radical (unpaired) electrons. The summed E-state index contributed by atoms with van der Waals surface area (Å²) < 4.78 is 4.95. The second-order valence-electron chi connectivity index (χ2n) is 7.56. The molecule has 2 atom stereocenters. The first-order chi connectivity index (χ1) is 13.9. The Morgan fingerprint density at radius 2 is 1.13 bits per heavy atom. The lowest BCUT2D eigenvalue weighted by atomic mass is 10.0. The largest absolute Gasteiger partial charge is 0.481 e. The monoisotopic (exact) mass is 438 g/mol. The molecule has 9 heteroatoms. The number of aliphatic hydroxyl groups is 2. The molecule has 9 nitrogen and oxygen atoms in total. The summed E-state index contributed by atoms with van der Waals surface area (Å²) in [5.74, 6) is -1.66. The van der Waals surface area contributed by atoms with Gasteiger partial charge in [-0.2, -0.15) is 0 Å². The van der Waals surface area contributed by atoms with Crippen molar-refractivity contribution in [2.75, 3.05) is 13.2 Å². The van der Waals surface area contributed by atoms with E-state index in [9.17, 15) is 14.4 Å². The van der Waals surface area contributed by atoms with Gasteiger partial charge in [-0.15, -0.1) is 0 Å². The van der Waals surface area contributed by atoms with Crippen LogP contribution in [0.4, 0.5) is 0 Å². The third kappa shape index (κ3) is 40.8. The molecule has 0 aromatic carbocycles. The quantitative estimate of drug-likeness (QED) is 0.242. The molecule has 0 saturated heterocycles. The first-order valence-electron chi connectivity index (χ1n) is 10.5. The molecule has 0 heterocycles. The van der Waals surface area contributed by atoms with E-state index in [-0.39, 0.29) is 25.6 Å². The Morgan fingerprint density at radius 1 is 0.733 bits per heavy atom. The number of hydrogen-bond donors (Lipinski definition) is 5. The predicted octanol–water partition coefficient (Wildman–Crippen LogP) is 3.16. The van der Waals surface area contributed by atoms with Gasteiger partial charge in [0.2, 0.25) is 0 Å². The average molecular weight is 439 g/mol. The Hall–Kier alpha value is -1.71. The molecule has 0 rings (SSSR count). The number of aliphatic carboxylic acids is 3. The normalized spacial score (nSPS) is 12.1. The maximum absolute atomic E-state index is 10.1. The molecule has 0 spiro atoms. The van der Waals surface area contributed by atoms with Gasteiger partial charge in [0.05, 0.1) is 25.4 Å². The molecule has 0 aromatic rings. The summed E-state index contributed by atoms with van der Waals surface area (Å²) in [6, 6.07) is 0. The molecule has 0 saturated carbocycles. The van der Waals surface area contributed by atoms with Crippen LogP contribution in [0.2, 0.25) is 0 Å². The highest BCUT2D eigenvalue weighted by atomic mass is 16.5. The summed E-state index contributed by atoms with van der Waals surface area (Å²) in [6.07, 6.45) is 5.03. The van der Waals surface area contributed by atoms with Crippen molar-refractivity contribution < 1.29 is 44.7 Å². The number of rotatable bonds is 15. The van der Waals surface area contributed by atoms with E-state index < -0.39 is 24.0 Å². The average Bonchev–Trinajstić information content (AvgIpc) is 2.63. The molecule has 0 fully saturated rings. The minimum absolute atomic E-state index is 0.00667. The molecule has 2 unspecified atom stereocenters. The van der Waals surface area contributed by atoms with Crippen LogP contribution in [0.5, 0.6) is 0 Å². The Bertz CT molecular complexity index is 407. The van der Waals surface area contributed by atoms with Gasteiger partial charge in [0.15, 0.2) is 0 Å². The Kier molecular flexibility index (Phi) is 25.9. The molecule has 0 amide bonds. The van der Waals surface area contributed by atoms with E-state index in [1.54, 1.807) is 13.8 Å². The van der Waals surface area contributed by atoms with Crippen LogP contribution in [-0.4, -0.2) is 68.9 Å². The van der Waals surface area contributed by atoms with Gasteiger partial charge in [0, 0.05) is 19.3 Å². The predicted molar refractivity (Wildman–Crippen MR) is 113 cm³/mol. The second kappa shape index (κ2) is 23.6. The van der Waals surface area contributed by atoms with Crippen LogP contribution in [0.15, 0.2) is 0 Å². The smallest absolute Gasteiger partial charge is 0.303 e. The first kappa shape index (κ1) is 32.9. The van der Waals surface area contributed by atoms with Crippen LogP contribution in [0.25, 0.3) is 0 Å². The van der Waals surface area contributed by atoms with Crippen molar-refractivity contribution in [3.05, 3.63) is 0 Å². The summed E-state index contributed by atoms with van der Waals surface area (Å²) in [5, 5.41) is 41.7. The van der Waals surface area contributed by atoms with Gasteiger partial charge in [-0.3, -0.25) is 14.4 Å². The van der Waals surface area contributed by atoms with Gasteiger partial charge >= 0.3 is 17.9 Å². The molecule has 0 aliphatic rings. The molecular formula is C21H42O9. The van der Waals surface area contributed by atoms with Crippen LogP contribution in [0, 0.1) is 5.92 Å². The van der Waals surface area contributed by atoms with Gasteiger partial charge < -0.3 is 30.3 Å². The number of hydrogen-bond acceptors (Lipinski definition) is 6. The second-order valence-corrected chi connectivity index (χ2v) is 7.56. The van der Waals surface area contributed by atoms with Crippen molar-refractivity contribution in [1.29, 1.82) is 0 Å². The van der Waals surface area contributed by atoms with Gasteiger partial charge in [-0.1, -0.05) is 33.1 Å². The Morgan fingerprint density at radius 3 is 1.43 bits per heavy atom. The number of carbonyl (C=O) groups is 3. The van der Waals surface area contributed by atoms with Crippen molar-refractivity contribution in [3.63, 3.8) is 0 Å². The SMILES string of the molecule is CC(C)CCCCCC(=O)O.CC(O)COC(C)CO.O=C(O)CCCCC(=O)O. The van der Waals surface area contributed by atoms with Crippen molar-refractivity contribution in [2.24, 2.45) is 5.92 Å². The van der Waals surface area contributed by atoms with Gasteiger partial charge in [-0.25, -0.2) is 0 Å². The zero-order valence-electron chi connectivity index (χ0n) is 18.9. The summed E-state index contributed by atoms with van der Waals surface area (Å²) in [5.41, 5.74) is 0. The Labute approximate surface area is 180 Å². The number of aliphatic hydroxyl groups excluding tert-OH is 2. The fraction of sp³-hybridized carbons (Fsp3) is 0.857. The molecule has 0 aromatic heterocycles. The third-order valence-corrected chi connectivity index (χ3v) is 3.58. The molecule has 180 valence electrons. The highest BCUT2D eigenvalue weighted by Gasteiger charge is 2.01. The maximum Gasteiger partial charge on any atom is 0.303 e. The van der Waals surface area contributed by atoms with Crippen molar-refractivity contribution in [3.8, 4) is 0 Å². The molecule has 0 aliphatic carbocycles. The van der Waals surface area contributed by atoms with E-state index in [1.807, 2.05) is 0 Å². The maximum atomic E-state index is 10.1. The minimum Gasteiger partial charge on any atom is -0.481 e. The van der Waals surface area contributed by atoms with Crippen LogP contribution in [-0.2, 0) is 19.1 Å². The number of ether oxygens (including phenoxy) is 1. The van der Waals surface area contributed by atoms with Crippen LogP contribution in [0.1, 0.15) is 85.5 Å². The summed E-state index contributed by atoms with van der Waals surface area (Å²) in [7, 11) is 0. The number of unbranched alkanes of at least 4 members (excludes halogenated alkanes) is 3. The zero-order valence-corrected chi connectivity index (χ0v) is 18.9. The Balaban J connectivity index is -0.000000366. The van der Waals surface area contributed by atoms with E-state index in [0.29, 0.717) is 25.9 Å². The highest BCUT2D eigenvalue weighted by molar-refractivity contribution is 5.68. The van der Waals surface area contributed by atoms with Gasteiger partial charge in [0.25, 0.3) is 0 Å². The standard InChI is InChI=1S/C9H18O2.C6H10O4.C6H14O3/c1-8(2)6-4-3-5-7-9(10)11;7-5(8)3-1-2-4-6(9)10;1-5(8)4-9-6(2)3-7/h8H,3-7H2,1-2H3,(H,10,11);1-4H2,(H,7,8)(H,9,10);5-8H,3-4H2,1-2H3. The van der Waals surface area contributed by atoms with E-state index in [0.717, 1.165) is 18.8 Å². The van der Waals surface area contributed by atoms with Crippen molar-refractivity contribution in [2.45, 2.75) is 97.7 Å². The topological polar surface area (TPSA) is 162 Å². The van der Waals surface area contributed by atoms with E-state index >= 15 is 0 Å². The molecule has 30 heavy (non-hydrogen) atoms. The zero-order chi connectivity index (χ0) is 23.9. The molecular weight excluding hydrogens is 396 g/mol. The lowest BCUT2D eigenvalue weighted by Crippen LogP contribution is -2.19. The van der Waals surface area contributed by atoms with E-state index in [1.165, 1.54) is 12.8 Å². The highest BCUT2D eigenvalue weighted by Crippen LogP contribution is 2.09. The summed E-state index contributed by atoms with van der Waals surface area (Å²) >= 11 is 0. The van der Waals surface area contributed by atoms with Crippen molar-refractivity contribution in [1.82, 2.24) is 0 Å². The van der Waals surface area contributed by atoms with Crippen LogP contribution >= 0.6 is 0 Å². The lowest BCUT2D eigenvalue weighted by Gasteiger charge is -2.10. The fourth-order valence-corrected chi connectivity index (χ4v) is 1.91. The van der Waals surface area contributed by atoms with E-state index in [4.69, 9.17) is 30.3 Å². The van der Waals surface area contributed by atoms with Gasteiger partial charge in [0.1, 0.15) is 0 Å². The third-order valence-electron chi connectivity index (χ3n) is 3.58. The fourth-order valence-electron chi connectivity index (χ4n) is 1.91. The summed E-state index contributed by atoms with van der Waals surface area (Å²) in [4.78, 5) is 29.9. The van der Waals surface area contributed by atoms with Gasteiger partial charge in [-0.05, 0) is 39.0 Å². The first-order valence-corrected chi connectivity index (χ1v) is 10.5. The number of carboxylic acids is 3. The van der Waals surface area contributed by atoms with Crippen molar-refractivity contribution >= 4 is 17.9 Å². The molecule has 5 N–H and O–H groups in total. The minimum atomic E-state index is -0.870. The molecule has 0 bridgehead atoms. The number of carboxylic acid groups (broad SMARTS) is 3. The van der Waals surface area contributed by atoms with Crippen LogP contribution < -0.4 is 0 Å².